The van der Waals surface area contributed by atoms with Crippen molar-refractivity contribution in [3.63, 3.8) is 0 Å². The first-order valence-electron chi connectivity index (χ1n) is 10.3. The zero-order valence-corrected chi connectivity index (χ0v) is 16.3. The van der Waals surface area contributed by atoms with E-state index in [1.807, 2.05) is 30.3 Å². The minimum Gasteiger partial charge on any atom is -0.493 e. The van der Waals surface area contributed by atoms with Gasteiger partial charge >= 0.3 is 0 Å². The molecule has 2 aromatic carbocycles. The highest BCUT2D eigenvalue weighted by atomic mass is 16.5. The van der Waals surface area contributed by atoms with E-state index in [1.54, 1.807) is 12.1 Å². The Morgan fingerprint density at radius 1 is 1.07 bits per heavy atom. The van der Waals surface area contributed by atoms with Crippen LogP contribution in [0.3, 0.4) is 0 Å². The molecule has 2 atom stereocenters. The standard InChI is InChI=1S/C23H24N4O2/c24-13-17-6-9-20(10-7-17)28-16-18-5-8-19-15-27(12-11-26(19)14-18)23-21-3-1-2-4-22(21)29-25-23/h1-4,6-7,9-10,18-19H,5,8,11-12,14-16H2/t18-,19-/m1/s1. The van der Waals surface area contributed by atoms with Gasteiger partial charge in [0.1, 0.15) is 5.75 Å². The van der Waals surface area contributed by atoms with Crippen LogP contribution in [0.2, 0.25) is 0 Å². The summed E-state index contributed by atoms with van der Waals surface area (Å²) in [6, 6.07) is 18.2. The largest absolute Gasteiger partial charge is 0.493 e. The Bertz CT molecular complexity index is 1020. The molecule has 2 aliphatic rings. The molecule has 2 fully saturated rings. The van der Waals surface area contributed by atoms with Crippen molar-refractivity contribution in [1.29, 1.82) is 5.26 Å². The summed E-state index contributed by atoms with van der Waals surface area (Å²) in [6.07, 6.45) is 2.35. The SMILES string of the molecule is N#Cc1ccc(OC[C@@H]2CC[C@@H]3CN(c4noc5ccccc45)CCN3C2)cc1. The predicted molar refractivity (Wildman–Crippen MR) is 111 cm³/mol. The van der Waals surface area contributed by atoms with Crippen LogP contribution in [-0.4, -0.2) is 48.9 Å². The zero-order valence-electron chi connectivity index (χ0n) is 16.3. The molecule has 5 rings (SSSR count). The summed E-state index contributed by atoms with van der Waals surface area (Å²) in [6.45, 7) is 4.82. The number of piperazine rings is 1. The van der Waals surface area contributed by atoms with Crippen molar-refractivity contribution in [2.45, 2.75) is 18.9 Å². The van der Waals surface area contributed by atoms with Gasteiger partial charge in [0.15, 0.2) is 11.4 Å². The maximum absolute atomic E-state index is 8.89. The van der Waals surface area contributed by atoms with E-state index in [4.69, 9.17) is 14.5 Å². The van der Waals surface area contributed by atoms with Crippen molar-refractivity contribution in [3.8, 4) is 11.8 Å². The summed E-state index contributed by atoms with van der Waals surface area (Å²) in [5.74, 6) is 2.36. The normalized spacial score (nSPS) is 22.2. The lowest BCUT2D eigenvalue weighted by Crippen LogP contribution is -2.57. The number of piperidine rings is 1. The fourth-order valence-electron chi connectivity index (χ4n) is 4.53. The average Bonchev–Trinajstić information content (AvgIpc) is 3.22. The van der Waals surface area contributed by atoms with Gasteiger partial charge in [-0.25, -0.2) is 0 Å². The van der Waals surface area contributed by atoms with E-state index in [0.717, 1.165) is 55.3 Å². The van der Waals surface area contributed by atoms with Gasteiger partial charge in [-0.1, -0.05) is 17.3 Å². The van der Waals surface area contributed by atoms with Crippen molar-refractivity contribution in [1.82, 2.24) is 10.1 Å². The summed E-state index contributed by atoms with van der Waals surface area (Å²) in [7, 11) is 0. The second kappa shape index (κ2) is 7.76. The molecule has 0 saturated carbocycles. The van der Waals surface area contributed by atoms with E-state index in [0.29, 0.717) is 17.5 Å². The number of hydrogen-bond acceptors (Lipinski definition) is 6. The van der Waals surface area contributed by atoms with Crippen LogP contribution in [0, 0.1) is 17.2 Å². The lowest BCUT2D eigenvalue weighted by Gasteiger charge is -2.46. The summed E-state index contributed by atoms with van der Waals surface area (Å²) in [5, 5.41) is 14.3. The summed E-state index contributed by atoms with van der Waals surface area (Å²) >= 11 is 0. The van der Waals surface area contributed by atoms with E-state index in [1.165, 1.54) is 12.8 Å². The number of anilines is 1. The van der Waals surface area contributed by atoms with Gasteiger partial charge in [-0.2, -0.15) is 5.26 Å². The smallest absolute Gasteiger partial charge is 0.180 e. The molecule has 0 radical (unpaired) electrons. The molecule has 0 amide bonds. The average molecular weight is 388 g/mol. The van der Waals surface area contributed by atoms with E-state index in [-0.39, 0.29) is 0 Å². The minimum absolute atomic E-state index is 0.543. The quantitative estimate of drug-likeness (QED) is 0.679. The van der Waals surface area contributed by atoms with Crippen LogP contribution in [0.5, 0.6) is 5.75 Å². The number of aromatic nitrogens is 1. The van der Waals surface area contributed by atoms with Crippen molar-refractivity contribution < 1.29 is 9.26 Å². The second-order valence-electron chi connectivity index (χ2n) is 7.99. The van der Waals surface area contributed by atoms with Crippen LogP contribution in [0.1, 0.15) is 18.4 Å². The molecule has 6 heteroatoms. The molecular formula is C23H24N4O2. The molecule has 0 N–H and O–H groups in total. The van der Waals surface area contributed by atoms with Crippen LogP contribution in [0.4, 0.5) is 5.82 Å². The second-order valence-corrected chi connectivity index (χ2v) is 7.99. The highest BCUT2D eigenvalue weighted by molar-refractivity contribution is 5.88. The molecule has 0 spiro atoms. The number of fused-ring (bicyclic) bond motifs is 2. The first-order valence-corrected chi connectivity index (χ1v) is 10.3. The Morgan fingerprint density at radius 3 is 2.79 bits per heavy atom. The van der Waals surface area contributed by atoms with E-state index >= 15 is 0 Å². The van der Waals surface area contributed by atoms with Gasteiger partial charge in [-0.05, 0) is 49.2 Å². The van der Waals surface area contributed by atoms with Crippen LogP contribution < -0.4 is 9.64 Å². The molecule has 0 bridgehead atoms. The Kier molecular flexibility index (Phi) is 4.82. The third-order valence-electron chi connectivity index (χ3n) is 6.13. The third kappa shape index (κ3) is 3.66. The summed E-state index contributed by atoms with van der Waals surface area (Å²) < 4.78 is 11.5. The van der Waals surface area contributed by atoms with E-state index in [2.05, 4.69) is 27.1 Å². The van der Waals surface area contributed by atoms with Crippen LogP contribution in [0.25, 0.3) is 11.0 Å². The monoisotopic (exact) mass is 388 g/mol. The van der Waals surface area contributed by atoms with Crippen LogP contribution in [0.15, 0.2) is 53.1 Å². The number of rotatable bonds is 4. The van der Waals surface area contributed by atoms with Crippen LogP contribution in [-0.2, 0) is 0 Å². The molecule has 2 saturated heterocycles. The van der Waals surface area contributed by atoms with Gasteiger partial charge in [0.25, 0.3) is 0 Å². The Hall–Kier alpha value is -3.04. The minimum atomic E-state index is 0.543. The fraction of sp³-hybridized carbons (Fsp3) is 0.391. The van der Waals surface area contributed by atoms with Gasteiger partial charge < -0.3 is 14.2 Å². The van der Waals surface area contributed by atoms with Gasteiger partial charge in [0, 0.05) is 38.1 Å². The topological polar surface area (TPSA) is 65.5 Å². The van der Waals surface area contributed by atoms with Crippen molar-refractivity contribution in [3.05, 3.63) is 54.1 Å². The van der Waals surface area contributed by atoms with E-state index < -0.39 is 0 Å². The number of hydrogen-bond donors (Lipinski definition) is 0. The van der Waals surface area contributed by atoms with Crippen molar-refractivity contribution in [2.75, 3.05) is 37.7 Å². The third-order valence-corrected chi connectivity index (χ3v) is 6.13. The molecule has 3 aromatic rings. The predicted octanol–water partition coefficient (Wildman–Crippen LogP) is 3.68. The highest BCUT2D eigenvalue weighted by Crippen LogP contribution is 2.31. The number of para-hydroxylation sites is 1. The van der Waals surface area contributed by atoms with Gasteiger partial charge in [-0.15, -0.1) is 0 Å². The molecule has 0 aliphatic carbocycles. The maximum atomic E-state index is 8.89. The first-order chi connectivity index (χ1) is 14.3. The molecular weight excluding hydrogens is 364 g/mol. The number of benzene rings is 2. The molecule has 3 heterocycles. The summed E-state index contributed by atoms with van der Waals surface area (Å²) in [4.78, 5) is 4.98. The molecule has 0 unspecified atom stereocenters. The molecule has 6 nitrogen and oxygen atoms in total. The molecule has 148 valence electrons. The Balaban J connectivity index is 1.18. The van der Waals surface area contributed by atoms with Crippen molar-refractivity contribution in [2.24, 2.45) is 5.92 Å². The number of nitriles is 1. The van der Waals surface area contributed by atoms with Gasteiger partial charge in [-0.3, -0.25) is 4.90 Å². The Morgan fingerprint density at radius 2 is 1.93 bits per heavy atom. The fourth-order valence-corrected chi connectivity index (χ4v) is 4.53. The van der Waals surface area contributed by atoms with Gasteiger partial charge in [0.2, 0.25) is 0 Å². The maximum Gasteiger partial charge on any atom is 0.180 e. The molecule has 29 heavy (non-hydrogen) atoms. The highest BCUT2D eigenvalue weighted by Gasteiger charge is 2.34. The lowest BCUT2D eigenvalue weighted by molar-refractivity contribution is 0.0727. The summed E-state index contributed by atoms with van der Waals surface area (Å²) in [5.41, 5.74) is 1.52. The lowest BCUT2D eigenvalue weighted by atomic mass is 9.91. The molecule has 2 aliphatic heterocycles. The van der Waals surface area contributed by atoms with Crippen molar-refractivity contribution >= 4 is 16.8 Å². The van der Waals surface area contributed by atoms with Crippen LogP contribution >= 0.6 is 0 Å². The zero-order chi connectivity index (χ0) is 19.6. The number of nitrogens with zero attached hydrogens (tertiary/aromatic N) is 4. The first kappa shape index (κ1) is 18.0. The Labute approximate surface area is 170 Å². The van der Waals surface area contributed by atoms with E-state index in [9.17, 15) is 0 Å². The molecule has 1 aromatic heterocycles. The van der Waals surface area contributed by atoms with Gasteiger partial charge in [0.05, 0.1) is 23.6 Å². The number of ether oxygens (including phenoxy) is 1.